The Balaban J connectivity index is 1.59. The van der Waals surface area contributed by atoms with Gasteiger partial charge in [0.1, 0.15) is 11.9 Å². The minimum atomic E-state index is -0.306. The number of esters is 1. The van der Waals surface area contributed by atoms with Crippen molar-refractivity contribution in [2.45, 2.75) is 18.9 Å². The Morgan fingerprint density at radius 2 is 2.23 bits per heavy atom. The second-order valence-electron chi connectivity index (χ2n) is 6.26. The van der Waals surface area contributed by atoms with E-state index in [1.54, 1.807) is 18.2 Å². The molecule has 2 saturated carbocycles. The normalized spacial score (nSPS) is 34.6. The molecule has 2 aliphatic carbocycles. The van der Waals surface area contributed by atoms with Crippen LogP contribution < -0.4 is 10.1 Å². The first-order valence-electron chi connectivity index (χ1n) is 7.43. The van der Waals surface area contributed by atoms with Gasteiger partial charge in [0.05, 0.1) is 24.6 Å². The Morgan fingerprint density at radius 3 is 3.00 bits per heavy atom. The largest absolute Gasteiger partial charge is 0.495 e. The summed E-state index contributed by atoms with van der Waals surface area (Å²) in [5.41, 5.74) is 0.533. The molecule has 1 amide bonds. The number of methoxy groups -OCH3 is 1. The van der Waals surface area contributed by atoms with Crippen molar-refractivity contribution in [2.24, 2.45) is 23.7 Å². The molecule has 116 valence electrons. The molecule has 3 fully saturated rings. The van der Waals surface area contributed by atoms with Crippen molar-refractivity contribution >= 4 is 29.2 Å². The van der Waals surface area contributed by atoms with E-state index in [9.17, 15) is 9.59 Å². The molecule has 6 heteroatoms. The third-order valence-corrected chi connectivity index (χ3v) is 5.44. The summed E-state index contributed by atoms with van der Waals surface area (Å²) in [6.07, 6.45) is 1.75. The molecule has 5 atom stereocenters. The highest BCUT2D eigenvalue weighted by Crippen LogP contribution is 2.57. The van der Waals surface area contributed by atoms with Crippen LogP contribution in [-0.2, 0) is 14.3 Å². The molecule has 5 nitrogen and oxygen atoms in total. The first kappa shape index (κ1) is 13.9. The van der Waals surface area contributed by atoms with Gasteiger partial charge in [0.2, 0.25) is 5.91 Å². The maximum Gasteiger partial charge on any atom is 0.310 e. The van der Waals surface area contributed by atoms with Gasteiger partial charge in [-0.05, 0) is 37.0 Å². The monoisotopic (exact) mass is 321 g/mol. The summed E-state index contributed by atoms with van der Waals surface area (Å²) in [5.74, 6) is 0.0522. The molecule has 0 aromatic heterocycles. The van der Waals surface area contributed by atoms with Gasteiger partial charge in [-0.2, -0.15) is 0 Å². The molecule has 1 aliphatic heterocycles. The lowest BCUT2D eigenvalue weighted by Gasteiger charge is -2.24. The fourth-order valence-corrected chi connectivity index (χ4v) is 4.53. The quantitative estimate of drug-likeness (QED) is 0.869. The summed E-state index contributed by atoms with van der Waals surface area (Å²) in [5, 5.41) is 3.39. The summed E-state index contributed by atoms with van der Waals surface area (Å²) in [6.45, 7) is 0. The molecule has 0 radical (unpaired) electrons. The van der Waals surface area contributed by atoms with E-state index in [0.29, 0.717) is 16.5 Å². The van der Waals surface area contributed by atoms with Gasteiger partial charge in [0.15, 0.2) is 0 Å². The molecule has 3 aliphatic rings. The average molecular weight is 322 g/mol. The Labute approximate surface area is 132 Å². The van der Waals surface area contributed by atoms with E-state index in [0.717, 1.165) is 12.8 Å². The van der Waals surface area contributed by atoms with Crippen molar-refractivity contribution in [1.82, 2.24) is 0 Å². The maximum atomic E-state index is 12.7. The molecular formula is C16H16ClNO4. The van der Waals surface area contributed by atoms with Gasteiger partial charge in [-0.3, -0.25) is 9.59 Å². The van der Waals surface area contributed by atoms with Crippen LogP contribution in [0.15, 0.2) is 18.2 Å². The number of ether oxygens (including phenoxy) is 2. The predicted octanol–water partition coefficient (Wildman–Crippen LogP) is 2.48. The van der Waals surface area contributed by atoms with Crippen LogP contribution in [-0.4, -0.2) is 25.1 Å². The molecule has 1 N–H and O–H groups in total. The minimum absolute atomic E-state index is 0.0345. The molecule has 4 rings (SSSR count). The van der Waals surface area contributed by atoms with Crippen molar-refractivity contribution in [1.29, 1.82) is 0 Å². The van der Waals surface area contributed by atoms with Crippen LogP contribution >= 0.6 is 11.6 Å². The van der Waals surface area contributed by atoms with E-state index >= 15 is 0 Å². The molecule has 2 bridgehead atoms. The van der Waals surface area contributed by atoms with Crippen LogP contribution in [0.3, 0.4) is 0 Å². The molecule has 22 heavy (non-hydrogen) atoms. The lowest BCUT2D eigenvalue weighted by molar-refractivity contribution is -0.145. The summed E-state index contributed by atoms with van der Waals surface area (Å²) in [6, 6.07) is 5.06. The number of amides is 1. The Kier molecular flexibility index (Phi) is 3.08. The second-order valence-corrected chi connectivity index (χ2v) is 6.69. The minimum Gasteiger partial charge on any atom is -0.495 e. The van der Waals surface area contributed by atoms with Crippen molar-refractivity contribution in [3.8, 4) is 5.75 Å². The van der Waals surface area contributed by atoms with Crippen molar-refractivity contribution < 1.29 is 19.1 Å². The van der Waals surface area contributed by atoms with E-state index in [-0.39, 0.29) is 41.7 Å². The summed E-state index contributed by atoms with van der Waals surface area (Å²) in [7, 11) is 1.54. The number of anilines is 1. The van der Waals surface area contributed by atoms with E-state index in [2.05, 4.69) is 5.32 Å². The zero-order valence-electron chi connectivity index (χ0n) is 12.0. The molecule has 1 aromatic carbocycles. The van der Waals surface area contributed by atoms with Gasteiger partial charge in [0.25, 0.3) is 0 Å². The highest BCUT2D eigenvalue weighted by Gasteiger charge is 2.63. The van der Waals surface area contributed by atoms with Crippen LogP contribution in [0.1, 0.15) is 12.8 Å². The number of hydrogen-bond acceptors (Lipinski definition) is 4. The third kappa shape index (κ3) is 1.92. The second kappa shape index (κ2) is 4.88. The SMILES string of the molecule is COc1ccc(Cl)cc1NC(=O)[C@H]1[C@H]2C[C@H]3[C@H]1C(=O)O[C@H]3C2. The van der Waals surface area contributed by atoms with Crippen molar-refractivity contribution in [2.75, 3.05) is 12.4 Å². The summed E-state index contributed by atoms with van der Waals surface area (Å²) < 4.78 is 10.6. The topological polar surface area (TPSA) is 64.6 Å². The van der Waals surface area contributed by atoms with Crippen molar-refractivity contribution in [3.63, 3.8) is 0 Å². The van der Waals surface area contributed by atoms with Gasteiger partial charge >= 0.3 is 5.97 Å². The number of carbonyl (C=O) groups excluding carboxylic acids is 2. The first-order valence-corrected chi connectivity index (χ1v) is 7.81. The van der Waals surface area contributed by atoms with E-state index < -0.39 is 0 Å². The molecule has 1 heterocycles. The van der Waals surface area contributed by atoms with Gasteiger partial charge in [-0.15, -0.1) is 0 Å². The number of benzene rings is 1. The molecule has 1 saturated heterocycles. The highest BCUT2D eigenvalue weighted by molar-refractivity contribution is 6.31. The number of nitrogens with one attached hydrogen (secondary N) is 1. The summed E-state index contributed by atoms with van der Waals surface area (Å²) >= 11 is 5.98. The molecule has 0 spiro atoms. The average Bonchev–Trinajstić information content (AvgIpc) is 3.08. The fraction of sp³-hybridized carbons (Fsp3) is 0.500. The zero-order chi connectivity index (χ0) is 15.4. The Hall–Kier alpha value is -1.75. The molecular weight excluding hydrogens is 306 g/mol. The Morgan fingerprint density at radius 1 is 1.41 bits per heavy atom. The molecule has 0 unspecified atom stereocenters. The number of fused-ring (bicyclic) bond motifs is 1. The van der Waals surface area contributed by atoms with Gasteiger partial charge in [0, 0.05) is 10.9 Å². The van der Waals surface area contributed by atoms with Crippen LogP contribution in [0.25, 0.3) is 0 Å². The van der Waals surface area contributed by atoms with Gasteiger partial charge in [-0.25, -0.2) is 0 Å². The van der Waals surface area contributed by atoms with Crippen LogP contribution in [0.4, 0.5) is 5.69 Å². The smallest absolute Gasteiger partial charge is 0.310 e. The number of carbonyl (C=O) groups is 2. The van der Waals surface area contributed by atoms with Gasteiger partial charge in [-0.1, -0.05) is 11.6 Å². The Bertz CT molecular complexity index is 660. The third-order valence-electron chi connectivity index (χ3n) is 5.21. The van der Waals surface area contributed by atoms with E-state index in [4.69, 9.17) is 21.1 Å². The first-order chi connectivity index (χ1) is 10.6. The number of hydrogen-bond donors (Lipinski definition) is 1. The highest BCUT2D eigenvalue weighted by atomic mass is 35.5. The van der Waals surface area contributed by atoms with Crippen molar-refractivity contribution in [3.05, 3.63) is 23.2 Å². The standard InChI is InChI=1S/C16H16ClNO4/c1-21-11-3-2-8(17)6-10(11)18-15(19)13-7-4-9-12(5-7)22-16(20)14(9)13/h2-3,6-7,9,12-14H,4-5H2,1H3,(H,18,19)/t7-,9+,12-,13-,14+/m0/s1. The number of halogens is 1. The summed E-state index contributed by atoms with van der Waals surface area (Å²) in [4.78, 5) is 24.7. The lowest BCUT2D eigenvalue weighted by Crippen LogP contribution is -2.35. The predicted molar refractivity (Wildman–Crippen MR) is 79.7 cm³/mol. The maximum absolute atomic E-state index is 12.7. The zero-order valence-corrected chi connectivity index (χ0v) is 12.8. The number of rotatable bonds is 3. The van der Waals surface area contributed by atoms with Crippen LogP contribution in [0.2, 0.25) is 5.02 Å². The fourth-order valence-electron chi connectivity index (χ4n) is 4.36. The molecule has 1 aromatic rings. The lowest BCUT2D eigenvalue weighted by atomic mass is 9.79. The van der Waals surface area contributed by atoms with Crippen LogP contribution in [0.5, 0.6) is 5.75 Å². The van der Waals surface area contributed by atoms with E-state index in [1.165, 1.54) is 7.11 Å². The van der Waals surface area contributed by atoms with Crippen LogP contribution in [0, 0.1) is 23.7 Å². The van der Waals surface area contributed by atoms with E-state index in [1.807, 2.05) is 0 Å². The van der Waals surface area contributed by atoms with Gasteiger partial charge < -0.3 is 14.8 Å².